The molecule has 2 N–H and O–H groups in total. The van der Waals surface area contributed by atoms with Gasteiger partial charge in [-0.15, -0.1) is 0 Å². The highest BCUT2D eigenvalue weighted by Gasteiger charge is 2.05. The lowest BCUT2D eigenvalue weighted by Gasteiger charge is -2.19. The van der Waals surface area contributed by atoms with Crippen molar-refractivity contribution >= 4 is 5.82 Å². The maximum absolute atomic E-state index is 5.83. The lowest BCUT2D eigenvalue weighted by atomic mass is 10.1. The summed E-state index contributed by atoms with van der Waals surface area (Å²) in [6, 6.07) is 12.6. The number of aryl methyl sites for hydroxylation is 1. The lowest BCUT2D eigenvalue weighted by molar-refractivity contribution is 0.807. The zero-order valence-electron chi connectivity index (χ0n) is 11.8. The Bertz CT molecular complexity index is 532. The Morgan fingerprint density at radius 1 is 1.26 bits per heavy atom. The monoisotopic (exact) mass is 255 g/mol. The van der Waals surface area contributed by atoms with E-state index in [2.05, 4.69) is 48.1 Å². The molecule has 1 heterocycles. The first kappa shape index (κ1) is 13.6. The van der Waals surface area contributed by atoms with E-state index in [4.69, 9.17) is 5.73 Å². The van der Waals surface area contributed by atoms with E-state index in [0.717, 1.165) is 17.9 Å². The number of benzene rings is 1. The van der Waals surface area contributed by atoms with Crippen molar-refractivity contribution < 1.29 is 0 Å². The predicted octanol–water partition coefficient (Wildman–Crippen LogP) is 3.05. The summed E-state index contributed by atoms with van der Waals surface area (Å²) in [7, 11) is 2.05. The zero-order valence-corrected chi connectivity index (χ0v) is 11.8. The second-order valence-electron chi connectivity index (χ2n) is 5.08. The number of hydrogen-bond acceptors (Lipinski definition) is 3. The minimum absolute atomic E-state index is 0.0311. The molecule has 1 aromatic heterocycles. The van der Waals surface area contributed by atoms with Crippen LogP contribution in [-0.4, -0.2) is 12.0 Å². The van der Waals surface area contributed by atoms with Crippen LogP contribution in [0.3, 0.4) is 0 Å². The Morgan fingerprint density at radius 2 is 2.05 bits per heavy atom. The molecule has 2 aromatic rings. The molecule has 0 aliphatic rings. The Morgan fingerprint density at radius 3 is 2.63 bits per heavy atom. The minimum atomic E-state index is 0.0311. The van der Waals surface area contributed by atoms with Gasteiger partial charge in [-0.2, -0.15) is 0 Å². The number of aromatic nitrogens is 1. The van der Waals surface area contributed by atoms with Crippen molar-refractivity contribution in [2.75, 3.05) is 11.9 Å². The fourth-order valence-electron chi connectivity index (χ4n) is 2.06. The Hall–Kier alpha value is -1.87. The molecule has 1 atom stereocenters. The summed E-state index contributed by atoms with van der Waals surface area (Å²) in [6.45, 7) is 4.93. The van der Waals surface area contributed by atoms with Crippen LogP contribution >= 0.6 is 0 Å². The highest BCUT2D eigenvalue weighted by atomic mass is 15.2. The number of pyridine rings is 1. The summed E-state index contributed by atoms with van der Waals surface area (Å²) in [5.41, 5.74) is 9.46. The molecule has 0 aliphatic heterocycles. The molecule has 3 nitrogen and oxygen atoms in total. The summed E-state index contributed by atoms with van der Waals surface area (Å²) >= 11 is 0. The van der Waals surface area contributed by atoms with E-state index in [1.807, 2.05) is 25.3 Å². The first-order valence-corrected chi connectivity index (χ1v) is 6.54. The molecule has 100 valence electrons. The topological polar surface area (TPSA) is 42.1 Å². The van der Waals surface area contributed by atoms with Gasteiger partial charge in [0.25, 0.3) is 0 Å². The second-order valence-corrected chi connectivity index (χ2v) is 5.08. The van der Waals surface area contributed by atoms with Gasteiger partial charge in [-0.1, -0.05) is 35.9 Å². The third kappa shape index (κ3) is 3.55. The van der Waals surface area contributed by atoms with E-state index in [-0.39, 0.29) is 6.04 Å². The number of anilines is 1. The molecule has 1 aromatic carbocycles. The van der Waals surface area contributed by atoms with E-state index in [9.17, 15) is 0 Å². The number of nitrogens with two attached hydrogens (primary N) is 1. The molecule has 2 rings (SSSR count). The van der Waals surface area contributed by atoms with Crippen LogP contribution in [0.25, 0.3) is 0 Å². The van der Waals surface area contributed by atoms with E-state index >= 15 is 0 Å². The molecule has 0 unspecified atom stereocenters. The van der Waals surface area contributed by atoms with Gasteiger partial charge in [-0.05, 0) is 31.0 Å². The highest BCUT2D eigenvalue weighted by Crippen LogP contribution is 2.16. The van der Waals surface area contributed by atoms with Crippen LogP contribution in [0, 0.1) is 6.92 Å². The molecule has 0 bridgehead atoms. The average Bonchev–Trinajstić information content (AvgIpc) is 2.39. The molecule has 0 radical (unpaired) electrons. The van der Waals surface area contributed by atoms with E-state index in [0.29, 0.717) is 0 Å². The van der Waals surface area contributed by atoms with Gasteiger partial charge in [0, 0.05) is 25.8 Å². The highest BCUT2D eigenvalue weighted by molar-refractivity contribution is 5.40. The number of hydrogen-bond donors (Lipinski definition) is 1. The third-order valence-electron chi connectivity index (χ3n) is 3.19. The van der Waals surface area contributed by atoms with Crippen molar-refractivity contribution in [2.45, 2.75) is 26.4 Å². The molecule has 0 fully saturated rings. The number of nitrogens with zero attached hydrogens (tertiary/aromatic N) is 2. The maximum atomic E-state index is 5.83. The fourth-order valence-corrected chi connectivity index (χ4v) is 2.06. The Labute approximate surface area is 115 Å². The van der Waals surface area contributed by atoms with E-state index in [1.54, 1.807) is 0 Å². The number of rotatable bonds is 4. The van der Waals surface area contributed by atoms with Crippen LogP contribution in [0.5, 0.6) is 0 Å². The largest absolute Gasteiger partial charge is 0.355 e. The van der Waals surface area contributed by atoms with Gasteiger partial charge < -0.3 is 10.6 Å². The van der Waals surface area contributed by atoms with Crippen LogP contribution < -0.4 is 10.6 Å². The van der Waals surface area contributed by atoms with Crippen molar-refractivity contribution in [3.8, 4) is 0 Å². The first-order chi connectivity index (χ1) is 9.06. The Kier molecular flexibility index (Phi) is 4.17. The van der Waals surface area contributed by atoms with Gasteiger partial charge in [0.1, 0.15) is 5.82 Å². The van der Waals surface area contributed by atoms with E-state index in [1.165, 1.54) is 11.1 Å². The molecule has 0 saturated carbocycles. The van der Waals surface area contributed by atoms with Gasteiger partial charge in [0.05, 0.1) is 0 Å². The summed E-state index contributed by atoms with van der Waals surface area (Å²) in [5.74, 6) is 0.964. The average molecular weight is 255 g/mol. The van der Waals surface area contributed by atoms with Crippen molar-refractivity contribution in [2.24, 2.45) is 5.73 Å². The van der Waals surface area contributed by atoms with Gasteiger partial charge >= 0.3 is 0 Å². The Balaban J connectivity index is 2.09. The molecule has 0 saturated heterocycles. The second kappa shape index (κ2) is 5.85. The molecule has 0 amide bonds. The van der Waals surface area contributed by atoms with Crippen LogP contribution in [0.4, 0.5) is 5.82 Å². The van der Waals surface area contributed by atoms with Crippen LogP contribution in [0.1, 0.15) is 29.7 Å². The smallest absolute Gasteiger partial charge is 0.128 e. The third-order valence-corrected chi connectivity index (χ3v) is 3.19. The van der Waals surface area contributed by atoms with Crippen molar-refractivity contribution in [1.82, 2.24) is 4.98 Å². The molecule has 19 heavy (non-hydrogen) atoms. The quantitative estimate of drug-likeness (QED) is 0.913. The van der Waals surface area contributed by atoms with E-state index < -0.39 is 0 Å². The van der Waals surface area contributed by atoms with Gasteiger partial charge in [-0.25, -0.2) is 4.98 Å². The SMILES string of the molecule is Cc1cccc(CN(C)c2ccc([C@H](C)N)cn2)c1. The minimum Gasteiger partial charge on any atom is -0.355 e. The lowest BCUT2D eigenvalue weighted by Crippen LogP contribution is -2.18. The van der Waals surface area contributed by atoms with Crippen LogP contribution in [0.15, 0.2) is 42.6 Å². The van der Waals surface area contributed by atoms with Crippen molar-refractivity contribution in [3.63, 3.8) is 0 Å². The standard InChI is InChI=1S/C16H21N3/c1-12-5-4-6-14(9-12)11-19(3)16-8-7-15(10-18-16)13(2)17/h4-10,13H,11,17H2,1-3H3/t13-/m0/s1. The zero-order chi connectivity index (χ0) is 13.8. The van der Waals surface area contributed by atoms with Crippen molar-refractivity contribution in [3.05, 3.63) is 59.3 Å². The summed E-state index contributed by atoms with van der Waals surface area (Å²) in [4.78, 5) is 6.60. The molecular formula is C16H21N3. The first-order valence-electron chi connectivity index (χ1n) is 6.54. The molecule has 0 spiro atoms. The van der Waals surface area contributed by atoms with Gasteiger partial charge in [-0.3, -0.25) is 0 Å². The van der Waals surface area contributed by atoms with Crippen molar-refractivity contribution in [1.29, 1.82) is 0 Å². The molecular weight excluding hydrogens is 234 g/mol. The normalized spacial score (nSPS) is 12.2. The summed E-state index contributed by atoms with van der Waals surface area (Å²) in [5, 5.41) is 0. The summed E-state index contributed by atoms with van der Waals surface area (Å²) in [6.07, 6.45) is 1.85. The summed E-state index contributed by atoms with van der Waals surface area (Å²) < 4.78 is 0. The maximum Gasteiger partial charge on any atom is 0.128 e. The van der Waals surface area contributed by atoms with Crippen LogP contribution in [-0.2, 0) is 6.54 Å². The molecule has 0 aliphatic carbocycles. The fraction of sp³-hybridized carbons (Fsp3) is 0.312. The van der Waals surface area contributed by atoms with Gasteiger partial charge in [0.15, 0.2) is 0 Å². The predicted molar refractivity (Wildman–Crippen MR) is 80.1 cm³/mol. The van der Waals surface area contributed by atoms with Gasteiger partial charge in [0.2, 0.25) is 0 Å². The van der Waals surface area contributed by atoms with Crippen LogP contribution in [0.2, 0.25) is 0 Å². The molecule has 3 heteroatoms.